The maximum Gasteiger partial charge on any atom is 0.140 e. The van der Waals surface area contributed by atoms with Gasteiger partial charge in [0.05, 0.1) is 0 Å². The molecule has 0 aliphatic heterocycles. The fourth-order valence-electron chi connectivity index (χ4n) is 14.6. The van der Waals surface area contributed by atoms with Crippen LogP contribution in [0.15, 0.2) is 0 Å². The van der Waals surface area contributed by atoms with Crippen LogP contribution < -0.4 is 153 Å². The van der Waals surface area contributed by atoms with Gasteiger partial charge in [-0.25, -0.2) is 0 Å². The molecule has 0 N–H and O–H groups in total. The second-order valence-corrected chi connectivity index (χ2v) is 23.5. The van der Waals surface area contributed by atoms with Crippen molar-refractivity contribution >= 4 is 427 Å². The summed E-state index contributed by atoms with van der Waals surface area (Å²) in [4.78, 5) is 0. The molecule has 9 rings (SSSR count). The van der Waals surface area contributed by atoms with Gasteiger partial charge >= 0.3 is 0 Å². The highest BCUT2D eigenvalue weighted by molar-refractivity contribution is 6.78. The topological polar surface area (TPSA) is 0 Å². The summed E-state index contributed by atoms with van der Waals surface area (Å²) in [6.07, 6.45) is 0. The Balaban J connectivity index is 1.67. The summed E-state index contributed by atoms with van der Waals surface area (Å²) < 4.78 is 0. The van der Waals surface area contributed by atoms with Gasteiger partial charge in [-0.05, 0) is 87.2 Å². The van der Waals surface area contributed by atoms with E-state index in [9.17, 15) is 0 Å². The van der Waals surface area contributed by atoms with Crippen LogP contribution >= 0.6 is 0 Å². The van der Waals surface area contributed by atoms with Gasteiger partial charge in [-0.3, -0.25) is 0 Å². The number of benzene rings is 9. The zero-order valence-electron chi connectivity index (χ0n) is 50.0. The Hall–Kier alpha value is -3.90. The molecule has 316 valence electrons. The normalized spacial score (nSPS) is 11.8. The Bertz CT molecular complexity index is 4030. The van der Waals surface area contributed by atoms with Crippen molar-refractivity contribution in [3.8, 4) is 33.4 Å². The highest BCUT2D eigenvalue weighted by Gasteiger charge is 2.32. The molecule has 0 bridgehead atoms. The Morgan fingerprint density at radius 1 is 0.0833 bits per heavy atom. The zero-order valence-corrected chi connectivity index (χ0v) is 50.0. The van der Waals surface area contributed by atoms with Crippen LogP contribution in [0.5, 0.6) is 0 Å². The lowest BCUT2D eigenvalue weighted by Crippen LogP contribution is -2.53. The van der Waals surface area contributed by atoms with Gasteiger partial charge in [0.15, 0.2) is 0 Å². The third-order valence-electron chi connectivity index (χ3n) is 21.2. The van der Waals surface area contributed by atoms with Gasteiger partial charge in [0, 0.05) is 0 Å². The van der Waals surface area contributed by atoms with Gasteiger partial charge in [0.2, 0.25) is 0 Å². The van der Waals surface area contributed by atoms with Gasteiger partial charge in [0.1, 0.15) is 220 Å². The van der Waals surface area contributed by atoms with Gasteiger partial charge in [0.25, 0.3) is 0 Å². The van der Waals surface area contributed by atoms with E-state index in [1.165, 1.54) is 240 Å². The summed E-state index contributed by atoms with van der Waals surface area (Å²) in [7, 11) is 67.2. The molecule has 0 spiro atoms. The van der Waals surface area contributed by atoms with Crippen LogP contribution in [0, 0.1) is 0 Å². The van der Waals surface area contributed by atoms with Crippen molar-refractivity contribution in [1.82, 2.24) is 0 Å². The van der Waals surface area contributed by atoms with E-state index in [1.807, 2.05) is 0 Å². The average molecular weight is 888 g/mol. The second-order valence-electron chi connectivity index (χ2n) is 23.5. The fourth-order valence-corrected chi connectivity index (χ4v) is 14.6. The highest BCUT2D eigenvalue weighted by atomic mass is 14.3. The van der Waals surface area contributed by atoms with Crippen LogP contribution in [-0.4, -0.2) is 220 Å². The van der Waals surface area contributed by atoms with E-state index in [2.05, 4.69) is 220 Å². The smallest absolute Gasteiger partial charge is 0.101 e. The summed E-state index contributed by atoms with van der Waals surface area (Å²) in [6.45, 7) is 0. The van der Waals surface area contributed by atoms with Gasteiger partial charge in [-0.2, -0.15) is 0 Å². The molecule has 0 aliphatic carbocycles. The van der Waals surface area contributed by atoms with Crippen molar-refractivity contribution in [3.63, 3.8) is 0 Å². The van der Waals surface area contributed by atoms with Crippen LogP contribution in [0.2, 0.25) is 0 Å². The summed E-state index contributed by atoms with van der Waals surface area (Å²) in [5.41, 5.74) is 47.8. The Morgan fingerprint density at radius 3 is 0.569 bits per heavy atom. The maximum absolute atomic E-state index is 2.47. The number of hydrogen-bond donors (Lipinski definition) is 0. The third-order valence-corrected chi connectivity index (χ3v) is 21.2. The molecule has 0 amide bonds. The number of fused-ring (bicyclic) bond motifs is 6. The molecule has 0 saturated heterocycles. The predicted octanol–water partition coefficient (Wildman–Crippen LogP) is -36.3. The lowest BCUT2D eigenvalue weighted by Gasteiger charge is -2.33. The lowest BCUT2D eigenvalue weighted by molar-refractivity contribution is 1.80. The highest BCUT2D eigenvalue weighted by Crippen LogP contribution is 2.43. The Morgan fingerprint density at radius 2 is 0.236 bits per heavy atom. The standard InChI is InChI=1S/C44H56B28/c45-17-9-12-15(32(60)43(71)42(70)26(12)54)30(58)29(57)14(9)28(56)27(55)13(17)10-7(23(51)39(67)40(68)24(10)52)1-3-5(21(49)37(65)35(63)19(3)47)2(6-4(1)20(48)36(64)38(66)22(6)50)8-11-16(31(59)34(62)18(8)46)33(61)44(72)41(69)25(11)53/h45-72H2. The van der Waals surface area contributed by atoms with E-state index in [-0.39, 0.29) is 0 Å². The SMILES string of the molecule is Bc1c(B)c(B)c(-c2c3c(B)c(B)c(B)c(B)c3c(-c3c(B)c(B)c(B)c4c(B)c(B)c(B)c(B)c34)c3c(B)c(B)c(B)c(B)c23)c(-c2c(B)c(B)c3c(B)c(B)c4c(B)c(B)c(B)c(B)c4c3c2B)c1B. The van der Waals surface area contributed by atoms with Crippen LogP contribution in [0.4, 0.5) is 0 Å². The molecule has 0 atom stereocenters. The van der Waals surface area contributed by atoms with Crippen molar-refractivity contribution < 1.29 is 0 Å². The first-order chi connectivity index (χ1) is 33.5. The fraction of sp³-hybridized carbons (Fsp3) is 0. The van der Waals surface area contributed by atoms with Gasteiger partial charge in [-0.15, -0.1) is 60.1 Å². The molecule has 0 radical (unpaired) electrons. The molecule has 0 fully saturated rings. The minimum absolute atomic E-state index is 1.39. The molecule has 0 saturated carbocycles. The zero-order chi connectivity index (χ0) is 53.4. The van der Waals surface area contributed by atoms with Crippen molar-refractivity contribution in [2.24, 2.45) is 0 Å². The molecule has 9 aromatic rings. The molecule has 0 unspecified atom stereocenters. The predicted molar refractivity (Wildman–Crippen MR) is 419 cm³/mol. The summed E-state index contributed by atoms with van der Waals surface area (Å²) in [5.74, 6) is 0. The molecular weight excluding hydrogens is 831 g/mol. The van der Waals surface area contributed by atoms with Gasteiger partial charge < -0.3 is 0 Å². The van der Waals surface area contributed by atoms with Crippen molar-refractivity contribution in [2.45, 2.75) is 0 Å². The molecule has 72 heavy (non-hydrogen) atoms. The van der Waals surface area contributed by atoms with E-state index < -0.39 is 0 Å². The molecular formula is C44H56B28. The van der Waals surface area contributed by atoms with Crippen molar-refractivity contribution in [2.75, 3.05) is 0 Å². The van der Waals surface area contributed by atoms with E-state index in [0.717, 1.165) is 0 Å². The van der Waals surface area contributed by atoms with Crippen LogP contribution in [-0.2, 0) is 0 Å². The van der Waals surface area contributed by atoms with Gasteiger partial charge in [-0.1, -0.05) is 92.9 Å². The largest absolute Gasteiger partial charge is 0.140 e. The van der Waals surface area contributed by atoms with E-state index in [1.54, 1.807) is 0 Å². The minimum Gasteiger partial charge on any atom is -0.101 e. The lowest BCUT2D eigenvalue weighted by atomic mass is 9.55. The first-order valence-corrected chi connectivity index (χ1v) is 27.0. The number of rotatable bonds is 3. The Kier molecular flexibility index (Phi) is 13.1. The molecule has 0 heterocycles. The first kappa shape index (κ1) is 52.9. The first-order valence-electron chi connectivity index (χ1n) is 27.0. The molecule has 0 aliphatic rings. The Labute approximate surface area is 456 Å². The summed E-state index contributed by atoms with van der Waals surface area (Å²) >= 11 is 0. The van der Waals surface area contributed by atoms with E-state index >= 15 is 0 Å². The summed E-state index contributed by atoms with van der Waals surface area (Å²) in [6, 6.07) is 0. The van der Waals surface area contributed by atoms with E-state index in [4.69, 9.17) is 0 Å². The van der Waals surface area contributed by atoms with E-state index in [0.29, 0.717) is 0 Å². The second kappa shape index (κ2) is 17.9. The third kappa shape index (κ3) is 6.72. The molecule has 0 aromatic heterocycles. The molecule has 28 heteroatoms. The quantitative estimate of drug-likeness (QED) is 0.0942. The van der Waals surface area contributed by atoms with Crippen LogP contribution in [0.25, 0.3) is 87.2 Å². The van der Waals surface area contributed by atoms with Crippen molar-refractivity contribution in [3.05, 3.63) is 0 Å². The minimum atomic E-state index is 1.39. The molecule has 0 nitrogen and oxygen atoms in total. The van der Waals surface area contributed by atoms with Crippen molar-refractivity contribution in [1.29, 1.82) is 0 Å². The number of hydrogen-bond acceptors (Lipinski definition) is 0. The summed E-state index contributed by atoms with van der Waals surface area (Å²) in [5, 5.41) is 14.3. The maximum atomic E-state index is 2.47. The monoisotopic (exact) mass is 893 g/mol. The van der Waals surface area contributed by atoms with Crippen LogP contribution in [0.3, 0.4) is 0 Å². The molecule has 9 aromatic carbocycles. The average Bonchev–Trinajstić information content (AvgIpc) is 3.35. The van der Waals surface area contributed by atoms with Crippen LogP contribution in [0.1, 0.15) is 0 Å².